The van der Waals surface area contributed by atoms with Crippen LogP contribution in [0.25, 0.3) is 0 Å². The number of esters is 2. The van der Waals surface area contributed by atoms with Gasteiger partial charge in [0.2, 0.25) is 0 Å². The third-order valence-corrected chi connectivity index (χ3v) is 9.40. The molecule has 0 aliphatic heterocycles. The molecule has 5 heteroatoms. The van der Waals surface area contributed by atoms with Crippen molar-refractivity contribution >= 4 is 11.9 Å². The minimum Gasteiger partial charge on any atom is -0.462 e. The Balaban J connectivity index is 3.42. The van der Waals surface area contributed by atoms with Crippen molar-refractivity contribution in [2.75, 3.05) is 13.2 Å². The molecule has 0 aromatic carbocycles. The van der Waals surface area contributed by atoms with E-state index in [0.29, 0.717) is 12.8 Å². The van der Waals surface area contributed by atoms with Crippen LogP contribution < -0.4 is 0 Å². The zero-order valence-electron chi connectivity index (χ0n) is 31.1. The van der Waals surface area contributed by atoms with Crippen LogP contribution in [-0.2, 0) is 19.1 Å². The molecule has 0 bridgehead atoms. The minimum atomic E-state index is -0.760. The van der Waals surface area contributed by atoms with Gasteiger partial charge in [0.25, 0.3) is 0 Å². The van der Waals surface area contributed by atoms with Crippen molar-refractivity contribution in [3.63, 3.8) is 0 Å². The number of aliphatic hydroxyl groups excluding tert-OH is 1. The van der Waals surface area contributed by atoms with Crippen molar-refractivity contribution in [2.24, 2.45) is 0 Å². The topological polar surface area (TPSA) is 72.8 Å². The summed E-state index contributed by atoms with van der Waals surface area (Å²) in [7, 11) is 0. The summed E-state index contributed by atoms with van der Waals surface area (Å²) in [6, 6.07) is 0. The van der Waals surface area contributed by atoms with Gasteiger partial charge in [0.15, 0.2) is 6.10 Å². The third-order valence-electron chi connectivity index (χ3n) is 9.40. The molecule has 0 fully saturated rings. The molecule has 46 heavy (non-hydrogen) atoms. The molecule has 0 aliphatic carbocycles. The quantitative estimate of drug-likeness (QED) is 0.0531. The molecule has 0 saturated heterocycles. The minimum absolute atomic E-state index is 0.0571. The molecule has 0 rings (SSSR count). The second-order valence-electron chi connectivity index (χ2n) is 14.1. The monoisotopic (exact) mass is 653 g/mol. The fourth-order valence-corrected chi connectivity index (χ4v) is 6.26. The molecule has 1 N–H and O–H groups in total. The highest BCUT2D eigenvalue weighted by Gasteiger charge is 2.16. The van der Waals surface area contributed by atoms with Gasteiger partial charge in [0.05, 0.1) is 6.61 Å². The maximum absolute atomic E-state index is 12.1. The molecule has 274 valence electrons. The summed E-state index contributed by atoms with van der Waals surface area (Å²) in [4.78, 5) is 24.2. The van der Waals surface area contributed by atoms with E-state index in [4.69, 9.17) is 9.47 Å². The summed E-state index contributed by atoms with van der Waals surface area (Å²) in [5, 5.41) is 9.53. The standard InChI is InChI=1S/C41H80O5/c1-3-5-7-9-11-13-15-16-17-18-19-20-21-22-23-24-25-26-28-29-31-33-35-40(43)45-38-39(37-42)46-41(44)36-34-32-30-27-14-12-10-8-6-4-2/h39,42H,3-38H2,1-2H3/t39-/m0/s1. The lowest BCUT2D eigenvalue weighted by Crippen LogP contribution is -2.28. The average Bonchev–Trinajstić information content (AvgIpc) is 3.06. The normalized spacial score (nSPS) is 12.0. The zero-order chi connectivity index (χ0) is 33.6. The van der Waals surface area contributed by atoms with Gasteiger partial charge in [-0.05, 0) is 12.8 Å². The van der Waals surface area contributed by atoms with Crippen LogP contribution in [-0.4, -0.2) is 36.4 Å². The van der Waals surface area contributed by atoms with Gasteiger partial charge in [0, 0.05) is 12.8 Å². The highest BCUT2D eigenvalue weighted by Crippen LogP contribution is 2.16. The van der Waals surface area contributed by atoms with Crippen LogP contribution in [0.3, 0.4) is 0 Å². The van der Waals surface area contributed by atoms with Crippen molar-refractivity contribution in [1.29, 1.82) is 0 Å². The average molecular weight is 653 g/mol. The lowest BCUT2D eigenvalue weighted by molar-refractivity contribution is -0.161. The maximum atomic E-state index is 12.1. The van der Waals surface area contributed by atoms with Gasteiger partial charge in [-0.1, -0.05) is 206 Å². The molecule has 0 heterocycles. The molecule has 0 aromatic rings. The van der Waals surface area contributed by atoms with E-state index >= 15 is 0 Å². The number of hydrogen-bond donors (Lipinski definition) is 1. The fourth-order valence-electron chi connectivity index (χ4n) is 6.26. The maximum Gasteiger partial charge on any atom is 0.306 e. The van der Waals surface area contributed by atoms with Crippen molar-refractivity contribution in [3.05, 3.63) is 0 Å². The predicted octanol–water partition coefficient (Wildman–Crippen LogP) is 12.7. The van der Waals surface area contributed by atoms with Crippen molar-refractivity contribution < 1.29 is 24.2 Å². The van der Waals surface area contributed by atoms with Gasteiger partial charge in [-0.25, -0.2) is 0 Å². The molecule has 0 aromatic heterocycles. The zero-order valence-corrected chi connectivity index (χ0v) is 31.1. The Morgan fingerprint density at radius 2 is 0.674 bits per heavy atom. The first-order valence-electron chi connectivity index (χ1n) is 20.6. The number of carbonyl (C=O) groups is 2. The molecule has 0 aliphatic rings. The van der Waals surface area contributed by atoms with Gasteiger partial charge < -0.3 is 14.6 Å². The second-order valence-corrected chi connectivity index (χ2v) is 14.1. The number of ether oxygens (including phenoxy) is 2. The lowest BCUT2D eigenvalue weighted by Gasteiger charge is -2.15. The van der Waals surface area contributed by atoms with Gasteiger partial charge in [-0.2, -0.15) is 0 Å². The van der Waals surface area contributed by atoms with Crippen LogP contribution in [0.2, 0.25) is 0 Å². The molecule has 0 saturated carbocycles. The van der Waals surface area contributed by atoms with Crippen molar-refractivity contribution in [2.45, 2.75) is 238 Å². The van der Waals surface area contributed by atoms with Gasteiger partial charge in [-0.15, -0.1) is 0 Å². The number of carbonyl (C=O) groups excluding carboxylic acids is 2. The van der Waals surface area contributed by atoms with Crippen LogP contribution in [0, 0.1) is 0 Å². The highest BCUT2D eigenvalue weighted by atomic mass is 16.6. The van der Waals surface area contributed by atoms with Crippen LogP contribution in [0.1, 0.15) is 232 Å². The fraction of sp³-hybridized carbons (Fsp3) is 0.951. The molecule has 5 nitrogen and oxygen atoms in total. The first-order chi connectivity index (χ1) is 22.6. The molecule has 0 unspecified atom stereocenters. The summed E-state index contributed by atoms with van der Waals surface area (Å²) < 4.78 is 10.6. The number of aliphatic hydroxyl groups is 1. The highest BCUT2D eigenvalue weighted by molar-refractivity contribution is 5.70. The van der Waals surface area contributed by atoms with E-state index in [1.54, 1.807) is 0 Å². The van der Waals surface area contributed by atoms with Crippen LogP contribution >= 0.6 is 0 Å². The van der Waals surface area contributed by atoms with Gasteiger partial charge in [0.1, 0.15) is 6.61 Å². The summed E-state index contributed by atoms with van der Waals surface area (Å²) >= 11 is 0. The second kappa shape index (κ2) is 38.3. The Morgan fingerprint density at radius 1 is 0.413 bits per heavy atom. The lowest BCUT2D eigenvalue weighted by atomic mass is 10.0. The van der Waals surface area contributed by atoms with E-state index in [1.165, 1.54) is 173 Å². The van der Waals surface area contributed by atoms with Crippen molar-refractivity contribution in [3.8, 4) is 0 Å². The van der Waals surface area contributed by atoms with E-state index < -0.39 is 6.10 Å². The molecule has 1 atom stereocenters. The Kier molecular flexibility index (Phi) is 37.4. The van der Waals surface area contributed by atoms with Crippen LogP contribution in [0.5, 0.6) is 0 Å². The van der Waals surface area contributed by atoms with Gasteiger partial charge in [-0.3, -0.25) is 9.59 Å². The number of unbranched alkanes of at least 4 members (excludes halogenated alkanes) is 30. The first kappa shape index (κ1) is 44.9. The summed E-state index contributed by atoms with van der Waals surface area (Å²) in [6.45, 7) is 4.15. The molecule has 0 amide bonds. The summed E-state index contributed by atoms with van der Waals surface area (Å²) in [5.74, 6) is -0.577. The predicted molar refractivity (Wildman–Crippen MR) is 196 cm³/mol. The Labute approximate surface area is 287 Å². The van der Waals surface area contributed by atoms with E-state index in [2.05, 4.69) is 13.8 Å². The van der Waals surface area contributed by atoms with E-state index in [1.807, 2.05) is 0 Å². The SMILES string of the molecule is CCCCCCCCCCCCCCCCCCCCCCCCC(=O)OC[C@H](CO)OC(=O)CCCCCCCCCCCC. The van der Waals surface area contributed by atoms with E-state index in [0.717, 1.165) is 32.1 Å². The molecular weight excluding hydrogens is 572 g/mol. The third kappa shape index (κ3) is 35.7. The van der Waals surface area contributed by atoms with Crippen LogP contribution in [0.15, 0.2) is 0 Å². The van der Waals surface area contributed by atoms with Crippen molar-refractivity contribution in [1.82, 2.24) is 0 Å². The first-order valence-corrected chi connectivity index (χ1v) is 20.6. The molecular formula is C41H80O5. The number of rotatable bonds is 38. The number of hydrogen-bond acceptors (Lipinski definition) is 5. The molecule has 0 radical (unpaired) electrons. The van der Waals surface area contributed by atoms with Gasteiger partial charge >= 0.3 is 11.9 Å². The Morgan fingerprint density at radius 3 is 0.957 bits per heavy atom. The summed E-state index contributed by atoms with van der Waals surface area (Å²) in [6.07, 6.45) is 41.8. The largest absolute Gasteiger partial charge is 0.462 e. The molecule has 0 spiro atoms. The van der Waals surface area contributed by atoms with E-state index in [9.17, 15) is 14.7 Å². The van der Waals surface area contributed by atoms with Crippen LogP contribution in [0.4, 0.5) is 0 Å². The Bertz CT molecular complexity index is 622. The Hall–Kier alpha value is -1.10. The summed E-state index contributed by atoms with van der Waals surface area (Å²) in [5.41, 5.74) is 0. The smallest absolute Gasteiger partial charge is 0.306 e. The van der Waals surface area contributed by atoms with E-state index in [-0.39, 0.29) is 25.2 Å².